The Balaban J connectivity index is 1.61. The van der Waals surface area contributed by atoms with Crippen molar-refractivity contribution in [2.24, 2.45) is 0 Å². The number of hydrogen-bond donors (Lipinski definition) is 1. The normalized spacial score (nSPS) is 23.1. The summed E-state index contributed by atoms with van der Waals surface area (Å²) in [6, 6.07) is 16.0. The lowest BCUT2D eigenvalue weighted by Gasteiger charge is -2.44. The summed E-state index contributed by atoms with van der Waals surface area (Å²) in [4.78, 5) is 4.14. The zero-order chi connectivity index (χ0) is 21.0. The molecule has 1 heterocycles. The number of nitrogens with one attached hydrogen (secondary N) is 1. The number of ether oxygens (including phenoxy) is 1. The molecule has 4 rings (SSSR count). The molecule has 0 saturated carbocycles. The van der Waals surface area contributed by atoms with E-state index in [0.717, 1.165) is 59.9 Å². The quantitative estimate of drug-likeness (QED) is 0.751. The summed E-state index contributed by atoms with van der Waals surface area (Å²) in [6.07, 6.45) is 8.45. The third-order valence-electron chi connectivity index (χ3n) is 6.26. The van der Waals surface area contributed by atoms with Crippen LogP contribution in [0.3, 0.4) is 0 Å². The van der Waals surface area contributed by atoms with Crippen molar-refractivity contribution in [1.29, 1.82) is 0 Å². The predicted molar refractivity (Wildman–Crippen MR) is 124 cm³/mol. The Morgan fingerprint density at radius 2 is 1.87 bits per heavy atom. The number of para-hydroxylation sites is 1. The fraction of sp³-hybridized carbons (Fsp3) is 0.360. The fourth-order valence-electron chi connectivity index (χ4n) is 4.46. The number of hydrogen-bond acceptors (Lipinski definition) is 4. The minimum atomic E-state index is -1.29. The van der Waals surface area contributed by atoms with Crippen LogP contribution in [0.15, 0.2) is 76.6 Å². The molecular formula is C25H30N2O2S. The van der Waals surface area contributed by atoms with Gasteiger partial charge in [-0.05, 0) is 30.5 Å². The monoisotopic (exact) mass is 422 g/mol. The first-order valence-corrected chi connectivity index (χ1v) is 11.8. The third kappa shape index (κ3) is 4.02. The van der Waals surface area contributed by atoms with Gasteiger partial charge in [0.25, 0.3) is 0 Å². The molecule has 30 heavy (non-hydrogen) atoms. The van der Waals surface area contributed by atoms with Gasteiger partial charge in [0.2, 0.25) is 0 Å². The minimum Gasteiger partial charge on any atom is -0.495 e. The van der Waals surface area contributed by atoms with Gasteiger partial charge in [0, 0.05) is 42.2 Å². The maximum Gasteiger partial charge on any atom is 0.143 e. The summed E-state index contributed by atoms with van der Waals surface area (Å²) in [6.45, 7) is 6.41. The van der Waals surface area contributed by atoms with Crippen molar-refractivity contribution >= 4 is 10.8 Å². The first kappa shape index (κ1) is 21.0. The molecule has 4 nitrogen and oxygen atoms in total. The molecule has 2 aliphatic rings. The van der Waals surface area contributed by atoms with Gasteiger partial charge in [-0.25, -0.2) is 4.21 Å². The van der Waals surface area contributed by atoms with Gasteiger partial charge in [0.05, 0.1) is 22.8 Å². The fourth-order valence-corrected chi connectivity index (χ4v) is 5.71. The SMILES string of the molecule is CCC1(N2CCNCC2)C=CC(S(=O)c2cccc(-c3ccccc3)c2OC)=CC1. The van der Waals surface area contributed by atoms with Crippen molar-refractivity contribution in [2.75, 3.05) is 33.3 Å². The molecule has 0 amide bonds. The molecule has 0 spiro atoms. The van der Waals surface area contributed by atoms with Crippen LogP contribution >= 0.6 is 0 Å². The van der Waals surface area contributed by atoms with E-state index in [0.29, 0.717) is 5.75 Å². The summed E-state index contributed by atoms with van der Waals surface area (Å²) in [5.41, 5.74) is 2.06. The lowest BCUT2D eigenvalue weighted by Crippen LogP contribution is -2.55. The zero-order valence-electron chi connectivity index (χ0n) is 17.8. The van der Waals surface area contributed by atoms with E-state index in [2.05, 4.69) is 35.4 Å². The second-order valence-electron chi connectivity index (χ2n) is 7.81. The number of benzene rings is 2. The molecule has 1 aliphatic carbocycles. The average Bonchev–Trinajstić information content (AvgIpc) is 2.84. The molecule has 2 aromatic rings. The minimum absolute atomic E-state index is 0.0335. The van der Waals surface area contributed by atoms with Crippen molar-refractivity contribution in [3.63, 3.8) is 0 Å². The predicted octanol–water partition coefficient (Wildman–Crippen LogP) is 4.37. The van der Waals surface area contributed by atoms with E-state index in [1.54, 1.807) is 7.11 Å². The average molecular weight is 423 g/mol. The molecule has 158 valence electrons. The van der Waals surface area contributed by atoms with Crippen LogP contribution in [0.1, 0.15) is 19.8 Å². The molecule has 5 heteroatoms. The standard InChI is InChI=1S/C25H30N2O2S/c1-3-25(27-18-16-26-17-19-27)14-12-21(13-15-25)30(28)23-11-7-10-22(24(23)29-2)20-8-5-4-6-9-20/h4-14,26H,3,15-19H2,1-2H3. The van der Waals surface area contributed by atoms with Crippen LogP contribution in [0.25, 0.3) is 11.1 Å². The van der Waals surface area contributed by atoms with Crippen LogP contribution in [-0.4, -0.2) is 47.9 Å². The first-order valence-electron chi connectivity index (χ1n) is 10.7. The molecule has 0 aromatic heterocycles. The van der Waals surface area contributed by atoms with E-state index < -0.39 is 10.8 Å². The largest absolute Gasteiger partial charge is 0.495 e. The van der Waals surface area contributed by atoms with Crippen LogP contribution in [0, 0.1) is 0 Å². The Hall–Kier alpha value is -2.21. The van der Waals surface area contributed by atoms with Crippen LogP contribution in [0.4, 0.5) is 0 Å². The van der Waals surface area contributed by atoms with Gasteiger partial charge in [-0.2, -0.15) is 0 Å². The van der Waals surface area contributed by atoms with E-state index in [1.165, 1.54) is 0 Å². The van der Waals surface area contributed by atoms with Crippen LogP contribution in [0.2, 0.25) is 0 Å². The second kappa shape index (κ2) is 9.29. The summed E-state index contributed by atoms with van der Waals surface area (Å²) in [7, 11) is 0.366. The molecule has 0 radical (unpaired) electrons. The summed E-state index contributed by atoms with van der Waals surface area (Å²) >= 11 is 0. The van der Waals surface area contributed by atoms with E-state index in [4.69, 9.17) is 4.74 Å². The molecule has 1 aliphatic heterocycles. The lowest BCUT2D eigenvalue weighted by molar-refractivity contribution is 0.109. The summed E-state index contributed by atoms with van der Waals surface area (Å²) in [5.74, 6) is 0.686. The third-order valence-corrected chi connectivity index (χ3v) is 7.71. The van der Waals surface area contributed by atoms with Gasteiger partial charge >= 0.3 is 0 Å². The van der Waals surface area contributed by atoms with Gasteiger partial charge in [0.15, 0.2) is 0 Å². The number of allylic oxidation sites excluding steroid dienone is 1. The molecule has 2 unspecified atom stereocenters. The van der Waals surface area contributed by atoms with Crippen molar-refractivity contribution < 1.29 is 8.95 Å². The van der Waals surface area contributed by atoms with Gasteiger partial charge in [0.1, 0.15) is 5.75 Å². The maximum atomic E-state index is 13.5. The van der Waals surface area contributed by atoms with E-state index in [9.17, 15) is 4.21 Å². The van der Waals surface area contributed by atoms with E-state index in [-0.39, 0.29) is 5.54 Å². The van der Waals surface area contributed by atoms with Crippen LogP contribution in [-0.2, 0) is 10.8 Å². The first-order chi connectivity index (χ1) is 14.7. The number of rotatable bonds is 6. The van der Waals surface area contributed by atoms with Gasteiger partial charge in [-0.1, -0.05) is 61.5 Å². The highest BCUT2D eigenvalue weighted by Gasteiger charge is 2.34. The Morgan fingerprint density at radius 3 is 2.50 bits per heavy atom. The number of methoxy groups -OCH3 is 1. The lowest BCUT2D eigenvalue weighted by atomic mass is 9.86. The topological polar surface area (TPSA) is 41.6 Å². The zero-order valence-corrected chi connectivity index (χ0v) is 18.6. The van der Waals surface area contributed by atoms with Crippen molar-refractivity contribution in [3.8, 4) is 16.9 Å². The second-order valence-corrected chi connectivity index (χ2v) is 9.26. The number of nitrogens with zero attached hydrogens (tertiary/aromatic N) is 1. The molecule has 0 bridgehead atoms. The van der Waals surface area contributed by atoms with Crippen LogP contribution in [0.5, 0.6) is 5.75 Å². The molecule has 1 fully saturated rings. The van der Waals surface area contributed by atoms with E-state index >= 15 is 0 Å². The smallest absolute Gasteiger partial charge is 0.143 e. The summed E-state index contributed by atoms with van der Waals surface area (Å²) in [5, 5.41) is 3.43. The van der Waals surface area contributed by atoms with Gasteiger partial charge in [-0.15, -0.1) is 0 Å². The van der Waals surface area contributed by atoms with E-state index in [1.807, 2.05) is 48.5 Å². The molecule has 1 saturated heterocycles. The van der Waals surface area contributed by atoms with Crippen molar-refractivity contribution in [1.82, 2.24) is 10.2 Å². The highest BCUT2D eigenvalue weighted by atomic mass is 32.2. The Kier molecular flexibility index (Phi) is 6.52. The molecular weight excluding hydrogens is 392 g/mol. The highest BCUT2D eigenvalue weighted by Crippen LogP contribution is 2.38. The molecule has 1 N–H and O–H groups in total. The Morgan fingerprint density at radius 1 is 1.10 bits per heavy atom. The van der Waals surface area contributed by atoms with Crippen molar-refractivity contribution in [3.05, 3.63) is 71.7 Å². The maximum absolute atomic E-state index is 13.5. The molecule has 2 aromatic carbocycles. The summed E-state index contributed by atoms with van der Waals surface area (Å²) < 4.78 is 19.3. The Labute approximate surface area is 182 Å². The Bertz CT molecular complexity index is 964. The van der Waals surface area contributed by atoms with Gasteiger partial charge < -0.3 is 10.1 Å². The number of piperazine rings is 1. The van der Waals surface area contributed by atoms with Crippen LogP contribution < -0.4 is 10.1 Å². The van der Waals surface area contributed by atoms with Gasteiger partial charge in [-0.3, -0.25) is 4.90 Å². The van der Waals surface area contributed by atoms with Crippen molar-refractivity contribution in [2.45, 2.75) is 30.2 Å². The highest BCUT2D eigenvalue weighted by molar-refractivity contribution is 7.89. The molecule has 2 atom stereocenters.